The minimum atomic E-state index is -0.136. The van der Waals surface area contributed by atoms with E-state index < -0.39 is 0 Å². The number of carbonyl (C=O) groups excluding carboxylic acids is 1. The summed E-state index contributed by atoms with van der Waals surface area (Å²) in [6.07, 6.45) is 1.58. The number of thiazole rings is 1. The molecule has 0 fully saturated rings. The molecule has 3 rings (SSSR count). The van der Waals surface area contributed by atoms with Crippen molar-refractivity contribution < 1.29 is 4.79 Å². The normalized spacial score (nSPS) is 11.1. The number of amides is 1. The summed E-state index contributed by atoms with van der Waals surface area (Å²) in [5.74, 6) is -0.136. The third-order valence-electron chi connectivity index (χ3n) is 3.19. The molecule has 2 aromatic heterocycles. The largest absolute Gasteiger partial charge is 0.322 e. The van der Waals surface area contributed by atoms with Crippen molar-refractivity contribution in [2.45, 2.75) is 6.54 Å². The van der Waals surface area contributed by atoms with Gasteiger partial charge in [0.2, 0.25) is 5.91 Å². The fourth-order valence-electron chi connectivity index (χ4n) is 2.19. The van der Waals surface area contributed by atoms with Gasteiger partial charge in [-0.05, 0) is 31.3 Å². The molecule has 1 aromatic carbocycles. The van der Waals surface area contributed by atoms with Crippen LogP contribution in [0.5, 0.6) is 0 Å². The number of nitrogens with one attached hydrogen (secondary N) is 1. The van der Waals surface area contributed by atoms with E-state index in [1.54, 1.807) is 29.7 Å². The van der Waals surface area contributed by atoms with Gasteiger partial charge < -0.3 is 5.32 Å². The molecule has 0 saturated carbocycles. The first-order valence-electron chi connectivity index (χ1n) is 7.05. The van der Waals surface area contributed by atoms with Gasteiger partial charge in [0.1, 0.15) is 5.01 Å². The Bertz CT molecular complexity index is 803. The average molecular weight is 347 g/mol. The number of para-hydroxylation sites is 1. The number of anilines is 1. The number of nitrogens with zero attached hydrogens (tertiary/aromatic N) is 3. The van der Waals surface area contributed by atoms with Gasteiger partial charge in [0, 0.05) is 6.20 Å². The summed E-state index contributed by atoms with van der Waals surface area (Å²) in [7, 11) is 1.89. The van der Waals surface area contributed by atoms with Crippen molar-refractivity contribution in [3.63, 3.8) is 0 Å². The van der Waals surface area contributed by atoms with Crippen LogP contribution in [0.1, 0.15) is 5.01 Å². The highest BCUT2D eigenvalue weighted by Crippen LogP contribution is 2.22. The number of rotatable bonds is 5. The molecule has 7 heteroatoms. The first-order valence-corrected chi connectivity index (χ1v) is 8.24. The minimum Gasteiger partial charge on any atom is -0.322 e. The van der Waals surface area contributed by atoms with Crippen LogP contribution in [0.2, 0.25) is 5.15 Å². The maximum absolute atomic E-state index is 12.1. The number of halogens is 1. The van der Waals surface area contributed by atoms with Crippen molar-refractivity contribution in [1.29, 1.82) is 0 Å². The van der Waals surface area contributed by atoms with E-state index in [1.165, 1.54) is 0 Å². The average Bonchev–Trinajstić information content (AvgIpc) is 2.91. The Balaban J connectivity index is 1.59. The Morgan fingerprint density at radius 1 is 1.30 bits per heavy atom. The smallest absolute Gasteiger partial charge is 0.238 e. The molecule has 0 aliphatic rings. The zero-order chi connectivity index (χ0) is 16.2. The van der Waals surface area contributed by atoms with Crippen LogP contribution < -0.4 is 5.32 Å². The number of hydrogen-bond donors (Lipinski definition) is 1. The fourth-order valence-corrected chi connectivity index (χ4v) is 3.40. The third kappa shape index (κ3) is 4.04. The molecule has 0 radical (unpaired) electrons. The minimum absolute atomic E-state index is 0.136. The number of carbonyl (C=O) groups is 1. The summed E-state index contributed by atoms with van der Waals surface area (Å²) in [5.41, 5.74) is 1.51. The van der Waals surface area contributed by atoms with Crippen LogP contribution >= 0.6 is 22.9 Å². The van der Waals surface area contributed by atoms with Crippen LogP contribution in [0.4, 0.5) is 5.69 Å². The van der Waals surface area contributed by atoms with Crippen molar-refractivity contribution >= 4 is 44.7 Å². The molecule has 118 valence electrons. The van der Waals surface area contributed by atoms with Crippen molar-refractivity contribution in [3.8, 4) is 0 Å². The number of hydrogen-bond acceptors (Lipinski definition) is 5. The summed E-state index contributed by atoms with van der Waals surface area (Å²) < 4.78 is 1.16. The molecule has 5 nitrogen and oxygen atoms in total. The molecule has 23 heavy (non-hydrogen) atoms. The topological polar surface area (TPSA) is 58.1 Å². The Morgan fingerprint density at radius 3 is 2.91 bits per heavy atom. The molecule has 0 atom stereocenters. The maximum atomic E-state index is 12.1. The van der Waals surface area contributed by atoms with Gasteiger partial charge in [-0.15, -0.1) is 11.3 Å². The molecule has 0 bridgehead atoms. The molecule has 0 aliphatic carbocycles. The molecule has 0 unspecified atom stereocenters. The second-order valence-electron chi connectivity index (χ2n) is 5.14. The summed E-state index contributed by atoms with van der Waals surface area (Å²) in [4.78, 5) is 22.5. The summed E-state index contributed by atoms with van der Waals surface area (Å²) in [5, 5.41) is 4.04. The Hall–Kier alpha value is -2.02. The van der Waals surface area contributed by atoms with Crippen LogP contribution in [0, 0.1) is 0 Å². The molecule has 1 amide bonds. The Morgan fingerprint density at radius 2 is 2.13 bits per heavy atom. The predicted octanol–water partition coefficient (Wildman–Crippen LogP) is 3.42. The lowest BCUT2D eigenvalue weighted by Crippen LogP contribution is -2.29. The van der Waals surface area contributed by atoms with Gasteiger partial charge >= 0.3 is 0 Å². The number of aromatic nitrogens is 2. The van der Waals surface area contributed by atoms with E-state index in [0.29, 0.717) is 12.2 Å². The second kappa shape index (κ2) is 7.04. The van der Waals surface area contributed by atoms with E-state index in [-0.39, 0.29) is 17.6 Å². The standard InChI is InChI=1S/C16H15ClN4OS/c1-21(9-14(22)19-12-6-4-8-18-16(12)17)10-15-20-11-5-2-3-7-13(11)23-15/h2-8H,9-10H2,1H3,(H,19,22). The van der Waals surface area contributed by atoms with Crippen molar-refractivity contribution in [2.24, 2.45) is 0 Å². The molecular weight excluding hydrogens is 332 g/mol. The molecule has 1 N–H and O–H groups in total. The fraction of sp³-hybridized carbons (Fsp3) is 0.188. The van der Waals surface area contributed by atoms with E-state index in [1.807, 2.05) is 36.2 Å². The lowest BCUT2D eigenvalue weighted by molar-refractivity contribution is -0.117. The van der Waals surface area contributed by atoms with Gasteiger partial charge in [-0.2, -0.15) is 0 Å². The van der Waals surface area contributed by atoms with Crippen molar-refractivity contribution in [3.05, 3.63) is 52.8 Å². The molecule has 2 heterocycles. The molecule has 0 saturated heterocycles. The maximum Gasteiger partial charge on any atom is 0.238 e. The van der Waals surface area contributed by atoms with Crippen molar-refractivity contribution in [1.82, 2.24) is 14.9 Å². The molecule has 3 aromatic rings. The van der Waals surface area contributed by atoms with Gasteiger partial charge in [-0.25, -0.2) is 9.97 Å². The Kier molecular flexibility index (Phi) is 4.85. The highest BCUT2D eigenvalue weighted by molar-refractivity contribution is 7.18. The first-order chi connectivity index (χ1) is 11.1. The van der Waals surface area contributed by atoms with Crippen molar-refractivity contribution in [2.75, 3.05) is 18.9 Å². The van der Waals surface area contributed by atoms with E-state index in [9.17, 15) is 4.79 Å². The third-order valence-corrected chi connectivity index (χ3v) is 4.51. The summed E-state index contributed by atoms with van der Waals surface area (Å²) in [6, 6.07) is 11.5. The number of benzene rings is 1. The van der Waals surface area contributed by atoms with E-state index in [0.717, 1.165) is 15.2 Å². The van der Waals surface area contributed by atoms with Crippen LogP contribution in [-0.4, -0.2) is 34.4 Å². The zero-order valence-electron chi connectivity index (χ0n) is 12.5. The van der Waals surface area contributed by atoms with Crippen LogP contribution in [-0.2, 0) is 11.3 Å². The van der Waals surface area contributed by atoms with E-state index in [4.69, 9.17) is 11.6 Å². The summed E-state index contributed by atoms with van der Waals surface area (Å²) >= 11 is 7.58. The lowest BCUT2D eigenvalue weighted by atomic mass is 10.3. The summed E-state index contributed by atoms with van der Waals surface area (Å²) in [6.45, 7) is 0.870. The number of likely N-dealkylation sites (N-methyl/N-ethyl adjacent to an activating group) is 1. The highest BCUT2D eigenvalue weighted by atomic mass is 35.5. The monoisotopic (exact) mass is 346 g/mol. The quantitative estimate of drug-likeness (QED) is 0.719. The Labute approximate surface area is 142 Å². The van der Waals surface area contributed by atoms with Gasteiger partial charge in [-0.3, -0.25) is 9.69 Å². The SMILES string of the molecule is CN(CC(=O)Nc1cccnc1Cl)Cc1nc2ccccc2s1. The van der Waals surface area contributed by atoms with Crippen LogP contribution in [0.3, 0.4) is 0 Å². The van der Waals surface area contributed by atoms with Gasteiger partial charge in [0.25, 0.3) is 0 Å². The number of fused-ring (bicyclic) bond motifs is 1. The highest BCUT2D eigenvalue weighted by Gasteiger charge is 2.11. The predicted molar refractivity (Wildman–Crippen MR) is 93.8 cm³/mol. The number of pyridine rings is 1. The molecular formula is C16H15ClN4OS. The zero-order valence-corrected chi connectivity index (χ0v) is 14.1. The molecule has 0 aliphatic heterocycles. The molecule has 0 spiro atoms. The van der Waals surface area contributed by atoms with Gasteiger partial charge in [-0.1, -0.05) is 23.7 Å². The lowest BCUT2D eigenvalue weighted by Gasteiger charge is -2.14. The van der Waals surface area contributed by atoms with Crippen LogP contribution in [0.25, 0.3) is 10.2 Å². The van der Waals surface area contributed by atoms with Gasteiger partial charge in [0.15, 0.2) is 5.15 Å². The van der Waals surface area contributed by atoms with Gasteiger partial charge in [0.05, 0.1) is 29.0 Å². The van der Waals surface area contributed by atoms with Crippen LogP contribution in [0.15, 0.2) is 42.6 Å². The van der Waals surface area contributed by atoms with E-state index in [2.05, 4.69) is 15.3 Å². The second-order valence-corrected chi connectivity index (χ2v) is 6.61. The van der Waals surface area contributed by atoms with E-state index >= 15 is 0 Å². The first kappa shape index (κ1) is 15.9.